The Balaban J connectivity index is 3.37. The molecule has 4 heteroatoms. The smallest absolute Gasteiger partial charge is 0.0623 e. The number of nitrogens with one attached hydrogen (secondary N) is 1. The summed E-state index contributed by atoms with van der Waals surface area (Å²) in [5, 5.41) is 12.0. The predicted octanol–water partition coefficient (Wildman–Crippen LogP) is 0.582. The number of hydrogen-bond donors (Lipinski definition) is 2. The summed E-state index contributed by atoms with van der Waals surface area (Å²) in [6.07, 6.45) is 0. The number of ether oxygens (including phenoxy) is 1. The number of aliphatic hydroxyl groups excluding tert-OH is 1. The van der Waals surface area contributed by atoms with Gasteiger partial charge in [0.25, 0.3) is 0 Å². The summed E-state index contributed by atoms with van der Waals surface area (Å²) >= 11 is 1.86. The fourth-order valence-corrected chi connectivity index (χ4v) is 2.07. The maximum atomic E-state index is 8.81. The lowest BCUT2D eigenvalue weighted by Crippen LogP contribution is -2.32. The molecule has 3 nitrogen and oxygen atoms in total. The Kier molecular flexibility index (Phi) is 8.97. The second-order valence-corrected chi connectivity index (χ2v) is 4.34. The first kappa shape index (κ1) is 13.2. The number of rotatable bonds is 8. The van der Waals surface area contributed by atoms with Gasteiger partial charge in [-0.3, -0.25) is 0 Å². The minimum absolute atomic E-state index is 0.279. The SMILES string of the molecule is CNC(COC)CSCC(C)CO. The van der Waals surface area contributed by atoms with Crippen molar-refractivity contribution in [2.45, 2.75) is 13.0 Å². The fraction of sp³-hybridized carbons (Fsp3) is 1.00. The molecule has 0 aliphatic rings. The van der Waals surface area contributed by atoms with Gasteiger partial charge < -0.3 is 15.2 Å². The topological polar surface area (TPSA) is 41.5 Å². The quantitative estimate of drug-likeness (QED) is 0.611. The summed E-state index contributed by atoms with van der Waals surface area (Å²) in [6.45, 7) is 3.08. The molecule has 0 saturated carbocycles. The molecule has 0 spiro atoms. The summed E-state index contributed by atoms with van der Waals surface area (Å²) in [4.78, 5) is 0. The molecule has 0 fully saturated rings. The van der Waals surface area contributed by atoms with E-state index in [9.17, 15) is 0 Å². The van der Waals surface area contributed by atoms with E-state index in [4.69, 9.17) is 9.84 Å². The maximum absolute atomic E-state index is 8.81. The van der Waals surface area contributed by atoms with Crippen molar-refractivity contribution < 1.29 is 9.84 Å². The van der Waals surface area contributed by atoms with Gasteiger partial charge in [-0.25, -0.2) is 0 Å². The lowest BCUT2D eigenvalue weighted by atomic mass is 10.2. The Morgan fingerprint density at radius 3 is 2.62 bits per heavy atom. The highest BCUT2D eigenvalue weighted by molar-refractivity contribution is 7.99. The molecule has 2 N–H and O–H groups in total. The molecule has 80 valence electrons. The van der Waals surface area contributed by atoms with E-state index in [2.05, 4.69) is 12.2 Å². The van der Waals surface area contributed by atoms with Crippen molar-refractivity contribution in [2.75, 3.05) is 38.9 Å². The molecule has 13 heavy (non-hydrogen) atoms. The van der Waals surface area contributed by atoms with Crippen molar-refractivity contribution in [3.8, 4) is 0 Å². The van der Waals surface area contributed by atoms with Crippen LogP contribution in [-0.2, 0) is 4.74 Å². The zero-order chi connectivity index (χ0) is 10.1. The van der Waals surface area contributed by atoms with Gasteiger partial charge in [0.1, 0.15) is 0 Å². The Hall–Kier alpha value is 0.230. The van der Waals surface area contributed by atoms with Crippen LogP contribution in [0.1, 0.15) is 6.92 Å². The van der Waals surface area contributed by atoms with Gasteiger partial charge in [-0.2, -0.15) is 11.8 Å². The van der Waals surface area contributed by atoms with E-state index in [0.29, 0.717) is 12.0 Å². The lowest BCUT2D eigenvalue weighted by molar-refractivity contribution is 0.177. The first-order valence-electron chi connectivity index (χ1n) is 4.59. The second-order valence-electron chi connectivity index (χ2n) is 3.27. The summed E-state index contributed by atoms with van der Waals surface area (Å²) < 4.78 is 5.05. The largest absolute Gasteiger partial charge is 0.396 e. The van der Waals surface area contributed by atoms with Gasteiger partial charge in [-0.05, 0) is 18.7 Å². The highest BCUT2D eigenvalue weighted by atomic mass is 32.2. The maximum Gasteiger partial charge on any atom is 0.0623 e. The zero-order valence-corrected chi connectivity index (χ0v) is 9.56. The van der Waals surface area contributed by atoms with Crippen molar-refractivity contribution in [1.82, 2.24) is 5.32 Å². The van der Waals surface area contributed by atoms with Crippen LogP contribution in [-0.4, -0.2) is 50.0 Å². The Labute approximate surface area is 85.2 Å². The predicted molar refractivity (Wildman–Crippen MR) is 58.3 cm³/mol. The Morgan fingerprint density at radius 1 is 1.46 bits per heavy atom. The van der Waals surface area contributed by atoms with Crippen LogP contribution in [0.2, 0.25) is 0 Å². The van der Waals surface area contributed by atoms with E-state index in [1.54, 1.807) is 7.11 Å². The molecule has 0 aromatic heterocycles. The number of thioether (sulfide) groups is 1. The van der Waals surface area contributed by atoms with E-state index >= 15 is 0 Å². The van der Waals surface area contributed by atoms with Crippen molar-refractivity contribution in [3.63, 3.8) is 0 Å². The van der Waals surface area contributed by atoms with E-state index in [1.165, 1.54) is 0 Å². The molecular formula is C9H21NO2S. The summed E-state index contributed by atoms with van der Waals surface area (Å²) in [7, 11) is 3.66. The van der Waals surface area contributed by atoms with Crippen LogP contribution in [0.3, 0.4) is 0 Å². The van der Waals surface area contributed by atoms with Crippen LogP contribution in [0.5, 0.6) is 0 Å². The van der Waals surface area contributed by atoms with Crippen molar-refractivity contribution in [2.24, 2.45) is 5.92 Å². The Bertz CT molecular complexity index is 114. The number of aliphatic hydroxyl groups is 1. The standard InChI is InChI=1S/C9H21NO2S/c1-8(4-11)6-13-7-9(10-2)5-12-3/h8-11H,4-7H2,1-3H3. The summed E-state index contributed by atoms with van der Waals surface area (Å²) in [5.41, 5.74) is 0. The number of likely N-dealkylation sites (N-methyl/N-ethyl adjacent to an activating group) is 1. The molecule has 0 aromatic rings. The average Bonchev–Trinajstić information content (AvgIpc) is 2.16. The minimum atomic E-state index is 0.279. The third kappa shape index (κ3) is 7.31. The molecule has 0 aliphatic carbocycles. The first-order chi connectivity index (χ1) is 6.24. The van der Waals surface area contributed by atoms with Crippen molar-refractivity contribution in [1.29, 1.82) is 0 Å². The zero-order valence-electron chi connectivity index (χ0n) is 8.75. The third-order valence-electron chi connectivity index (χ3n) is 1.81. The number of methoxy groups -OCH3 is 1. The second kappa shape index (κ2) is 8.81. The van der Waals surface area contributed by atoms with Gasteiger partial charge in [-0.15, -0.1) is 0 Å². The molecule has 0 amide bonds. The molecule has 2 unspecified atom stereocenters. The molecular weight excluding hydrogens is 186 g/mol. The van der Waals surface area contributed by atoms with E-state index in [0.717, 1.165) is 18.1 Å². The van der Waals surface area contributed by atoms with Gasteiger partial charge in [0, 0.05) is 25.5 Å². The highest BCUT2D eigenvalue weighted by Crippen LogP contribution is 2.09. The molecule has 0 bridgehead atoms. The average molecular weight is 207 g/mol. The van der Waals surface area contributed by atoms with Crippen LogP contribution in [0, 0.1) is 5.92 Å². The highest BCUT2D eigenvalue weighted by Gasteiger charge is 2.06. The lowest BCUT2D eigenvalue weighted by Gasteiger charge is -2.15. The minimum Gasteiger partial charge on any atom is -0.396 e. The van der Waals surface area contributed by atoms with Crippen LogP contribution in [0.25, 0.3) is 0 Å². The van der Waals surface area contributed by atoms with Crippen LogP contribution in [0.15, 0.2) is 0 Å². The monoisotopic (exact) mass is 207 g/mol. The van der Waals surface area contributed by atoms with E-state index in [1.807, 2.05) is 18.8 Å². The van der Waals surface area contributed by atoms with Crippen molar-refractivity contribution in [3.05, 3.63) is 0 Å². The Morgan fingerprint density at radius 2 is 2.15 bits per heavy atom. The summed E-state index contributed by atoms with van der Waals surface area (Å²) in [6, 6.07) is 0.417. The van der Waals surface area contributed by atoms with Gasteiger partial charge >= 0.3 is 0 Å². The van der Waals surface area contributed by atoms with Gasteiger partial charge in [0.15, 0.2) is 0 Å². The van der Waals surface area contributed by atoms with Crippen LogP contribution in [0.4, 0.5) is 0 Å². The molecule has 0 aliphatic heterocycles. The van der Waals surface area contributed by atoms with Crippen LogP contribution >= 0.6 is 11.8 Å². The third-order valence-corrected chi connectivity index (χ3v) is 3.25. The first-order valence-corrected chi connectivity index (χ1v) is 5.74. The van der Waals surface area contributed by atoms with Gasteiger partial charge in [-0.1, -0.05) is 6.92 Å². The van der Waals surface area contributed by atoms with E-state index in [-0.39, 0.29) is 6.61 Å². The van der Waals surface area contributed by atoms with Crippen LogP contribution < -0.4 is 5.32 Å². The molecule has 0 saturated heterocycles. The molecule has 0 heterocycles. The normalized spacial score (nSPS) is 15.7. The van der Waals surface area contributed by atoms with E-state index < -0.39 is 0 Å². The molecule has 0 rings (SSSR count). The molecule has 0 radical (unpaired) electrons. The van der Waals surface area contributed by atoms with Crippen molar-refractivity contribution >= 4 is 11.8 Å². The number of hydrogen-bond acceptors (Lipinski definition) is 4. The summed E-state index contributed by atoms with van der Waals surface area (Å²) in [5.74, 6) is 2.44. The molecule has 0 aromatic carbocycles. The molecule has 2 atom stereocenters. The fourth-order valence-electron chi connectivity index (χ4n) is 0.880. The van der Waals surface area contributed by atoms with Gasteiger partial charge in [0.05, 0.1) is 6.61 Å². The van der Waals surface area contributed by atoms with Gasteiger partial charge in [0.2, 0.25) is 0 Å².